The summed E-state index contributed by atoms with van der Waals surface area (Å²) in [6.07, 6.45) is 4.63. The van der Waals surface area contributed by atoms with Gasteiger partial charge >= 0.3 is 0 Å². The Morgan fingerprint density at radius 2 is 1.86 bits per heavy atom. The van der Waals surface area contributed by atoms with E-state index in [1.54, 1.807) is 0 Å². The van der Waals surface area contributed by atoms with Gasteiger partial charge in [-0.25, -0.2) is 5.43 Å². The fourth-order valence-electron chi connectivity index (χ4n) is 2.64. The molecule has 1 aliphatic carbocycles. The van der Waals surface area contributed by atoms with Gasteiger partial charge in [-0.1, -0.05) is 46.2 Å². The summed E-state index contributed by atoms with van der Waals surface area (Å²) in [5.74, 6) is 0.364. The van der Waals surface area contributed by atoms with Gasteiger partial charge in [-0.2, -0.15) is 5.10 Å². The smallest absolute Gasteiger partial charge is 0.267 e. The van der Waals surface area contributed by atoms with Gasteiger partial charge in [0.2, 0.25) is 0 Å². The molecule has 1 N–H and O–H groups in total. The van der Waals surface area contributed by atoms with Crippen LogP contribution < -0.4 is 5.43 Å². The van der Waals surface area contributed by atoms with Gasteiger partial charge in [0.05, 0.1) is 0 Å². The maximum absolute atomic E-state index is 12.1. The minimum atomic E-state index is -0.124. The molecule has 0 saturated heterocycles. The first kappa shape index (κ1) is 15.7. The number of hydrazone groups is 1. The van der Waals surface area contributed by atoms with Crippen molar-refractivity contribution in [3.8, 4) is 0 Å². The average Bonchev–Trinajstić information content (AvgIpc) is 2.45. The summed E-state index contributed by atoms with van der Waals surface area (Å²) in [6.45, 7) is 8.68. The van der Waals surface area contributed by atoms with Crippen LogP contribution >= 0.6 is 0 Å². The number of hydrogen-bond acceptors (Lipinski definition) is 2. The van der Waals surface area contributed by atoms with Crippen molar-refractivity contribution in [3.63, 3.8) is 0 Å². The summed E-state index contributed by atoms with van der Waals surface area (Å²) in [6, 6.07) is 7.79. The zero-order chi connectivity index (χ0) is 15.5. The van der Waals surface area contributed by atoms with E-state index in [2.05, 4.69) is 38.2 Å². The number of rotatable bonds is 2. The molecule has 0 unspecified atom stereocenters. The maximum Gasteiger partial charge on any atom is 0.271 e. The number of amides is 1. The highest BCUT2D eigenvalue weighted by molar-refractivity contribution is 5.95. The normalized spacial score (nSPS) is 21.3. The molecule has 0 radical (unpaired) electrons. The van der Waals surface area contributed by atoms with Crippen LogP contribution in [0.4, 0.5) is 0 Å². The summed E-state index contributed by atoms with van der Waals surface area (Å²) in [5.41, 5.74) is 5.83. The highest BCUT2D eigenvalue weighted by Gasteiger charge is 2.17. The van der Waals surface area contributed by atoms with Gasteiger partial charge in [0.15, 0.2) is 0 Å². The van der Waals surface area contributed by atoms with Gasteiger partial charge in [-0.3, -0.25) is 4.79 Å². The lowest BCUT2D eigenvalue weighted by Gasteiger charge is -2.20. The van der Waals surface area contributed by atoms with E-state index in [-0.39, 0.29) is 11.3 Å². The first-order valence-electron chi connectivity index (χ1n) is 7.85. The zero-order valence-electron chi connectivity index (χ0n) is 13.6. The molecule has 0 aliphatic heterocycles. The largest absolute Gasteiger partial charge is 0.271 e. The summed E-state index contributed by atoms with van der Waals surface area (Å²) >= 11 is 0. The van der Waals surface area contributed by atoms with E-state index >= 15 is 0 Å². The van der Waals surface area contributed by atoms with Crippen LogP contribution in [0.2, 0.25) is 0 Å². The Bertz CT molecular complexity index is 523. The van der Waals surface area contributed by atoms with Crippen molar-refractivity contribution in [2.45, 2.75) is 58.8 Å². The molecule has 1 aliphatic rings. The third kappa shape index (κ3) is 4.16. The third-order valence-corrected chi connectivity index (χ3v) is 4.20. The van der Waals surface area contributed by atoms with E-state index in [0.717, 1.165) is 12.1 Å². The van der Waals surface area contributed by atoms with E-state index in [1.165, 1.54) is 24.8 Å². The number of hydrogen-bond donors (Lipinski definition) is 1. The van der Waals surface area contributed by atoms with E-state index in [1.807, 2.05) is 24.3 Å². The predicted octanol–water partition coefficient (Wildman–Crippen LogP) is 4.28. The van der Waals surface area contributed by atoms with Crippen LogP contribution in [0.25, 0.3) is 0 Å². The Morgan fingerprint density at radius 1 is 1.19 bits per heavy atom. The van der Waals surface area contributed by atoms with Crippen LogP contribution in [0.5, 0.6) is 0 Å². The quantitative estimate of drug-likeness (QED) is 0.810. The maximum atomic E-state index is 12.1. The van der Waals surface area contributed by atoms with E-state index in [4.69, 9.17) is 0 Å². The minimum Gasteiger partial charge on any atom is -0.267 e. The molecule has 21 heavy (non-hydrogen) atoms. The average molecular weight is 286 g/mol. The molecule has 114 valence electrons. The summed E-state index contributed by atoms with van der Waals surface area (Å²) in [4.78, 5) is 12.1. The van der Waals surface area contributed by atoms with Gasteiger partial charge in [-0.15, -0.1) is 0 Å². The Kier molecular flexibility index (Phi) is 4.81. The standard InChI is InChI=1S/C18H26N2O/c1-13-7-5-6-8-16(13)19-20-17(21)14-9-11-15(12-10-14)18(2,3)4/h9-13H,5-8H2,1-4H3,(H,20,21)/b19-16-/t13-/m1/s1. The van der Waals surface area contributed by atoms with Crippen LogP contribution in [0.1, 0.15) is 69.3 Å². The first-order chi connectivity index (χ1) is 9.88. The van der Waals surface area contributed by atoms with Crippen LogP contribution in [0.15, 0.2) is 29.4 Å². The Balaban J connectivity index is 2.02. The number of nitrogens with zero attached hydrogens (tertiary/aromatic N) is 1. The lowest BCUT2D eigenvalue weighted by molar-refractivity contribution is 0.0954. The Hall–Kier alpha value is -1.64. The Labute approximate surface area is 127 Å². The monoisotopic (exact) mass is 286 g/mol. The second-order valence-corrected chi connectivity index (χ2v) is 7.02. The molecule has 1 fully saturated rings. The van der Waals surface area contributed by atoms with Crippen molar-refractivity contribution in [3.05, 3.63) is 35.4 Å². The molecule has 1 aromatic carbocycles. The highest BCUT2D eigenvalue weighted by Crippen LogP contribution is 2.22. The molecule has 1 saturated carbocycles. The van der Waals surface area contributed by atoms with Crippen molar-refractivity contribution in [1.82, 2.24) is 5.43 Å². The molecule has 0 spiro atoms. The molecule has 3 nitrogen and oxygen atoms in total. The lowest BCUT2D eigenvalue weighted by Crippen LogP contribution is -2.24. The van der Waals surface area contributed by atoms with Gasteiger partial charge < -0.3 is 0 Å². The molecule has 0 heterocycles. The number of carbonyl (C=O) groups is 1. The molecule has 2 rings (SSSR count). The molecule has 0 bridgehead atoms. The fourth-order valence-corrected chi connectivity index (χ4v) is 2.64. The van der Waals surface area contributed by atoms with Crippen molar-refractivity contribution in [2.24, 2.45) is 11.0 Å². The second-order valence-electron chi connectivity index (χ2n) is 7.02. The summed E-state index contributed by atoms with van der Waals surface area (Å²) in [5, 5.41) is 4.33. The van der Waals surface area contributed by atoms with Crippen LogP contribution in [-0.4, -0.2) is 11.6 Å². The molecule has 0 aromatic heterocycles. The molecular formula is C18H26N2O. The minimum absolute atomic E-state index is 0.104. The SMILES string of the molecule is C[C@@H]1CCCC/C1=N/NC(=O)c1ccc(C(C)(C)C)cc1. The molecule has 1 amide bonds. The van der Waals surface area contributed by atoms with Gasteiger partial charge in [0.1, 0.15) is 0 Å². The number of nitrogens with one attached hydrogen (secondary N) is 1. The molecule has 3 heteroatoms. The van der Waals surface area contributed by atoms with E-state index in [9.17, 15) is 4.79 Å². The number of benzene rings is 1. The van der Waals surface area contributed by atoms with E-state index < -0.39 is 0 Å². The summed E-state index contributed by atoms with van der Waals surface area (Å²) < 4.78 is 0. The van der Waals surface area contributed by atoms with Crippen molar-refractivity contribution >= 4 is 11.6 Å². The molecular weight excluding hydrogens is 260 g/mol. The third-order valence-electron chi connectivity index (χ3n) is 4.20. The number of carbonyl (C=O) groups excluding carboxylic acids is 1. The Morgan fingerprint density at radius 3 is 2.43 bits per heavy atom. The molecule has 1 atom stereocenters. The van der Waals surface area contributed by atoms with Crippen molar-refractivity contribution in [1.29, 1.82) is 0 Å². The first-order valence-corrected chi connectivity index (χ1v) is 7.85. The van der Waals surface area contributed by atoms with Crippen molar-refractivity contribution in [2.75, 3.05) is 0 Å². The molecule has 1 aromatic rings. The van der Waals surface area contributed by atoms with Gasteiger partial charge in [0.25, 0.3) is 5.91 Å². The van der Waals surface area contributed by atoms with Gasteiger partial charge in [0, 0.05) is 11.3 Å². The highest BCUT2D eigenvalue weighted by atomic mass is 16.2. The van der Waals surface area contributed by atoms with Crippen molar-refractivity contribution < 1.29 is 4.79 Å². The second kappa shape index (κ2) is 6.42. The van der Waals surface area contributed by atoms with Crippen LogP contribution in [0, 0.1) is 5.92 Å². The zero-order valence-corrected chi connectivity index (χ0v) is 13.6. The topological polar surface area (TPSA) is 41.5 Å². The van der Waals surface area contributed by atoms with E-state index in [0.29, 0.717) is 11.5 Å². The lowest BCUT2D eigenvalue weighted by atomic mass is 9.87. The van der Waals surface area contributed by atoms with Crippen LogP contribution in [0.3, 0.4) is 0 Å². The predicted molar refractivity (Wildman–Crippen MR) is 87.7 cm³/mol. The summed E-state index contributed by atoms with van der Waals surface area (Å²) in [7, 11) is 0. The van der Waals surface area contributed by atoms with Crippen LogP contribution in [-0.2, 0) is 5.41 Å². The van der Waals surface area contributed by atoms with Gasteiger partial charge in [-0.05, 0) is 48.3 Å². The fraction of sp³-hybridized carbons (Fsp3) is 0.556.